The summed E-state index contributed by atoms with van der Waals surface area (Å²) in [5.74, 6) is 0.369. The van der Waals surface area contributed by atoms with E-state index < -0.39 is 24.7 Å². The largest absolute Gasteiger partial charge is 0.405 e. The van der Waals surface area contributed by atoms with E-state index in [1.165, 1.54) is 4.90 Å². The van der Waals surface area contributed by atoms with Crippen molar-refractivity contribution >= 4 is 18.3 Å². The van der Waals surface area contributed by atoms with Gasteiger partial charge in [-0.25, -0.2) is 0 Å². The molecule has 0 saturated carbocycles. The molecule has 0 aromatic carbocycles. The fourth-order valence-electron chi connectivity index (χ4n) is 2.63. The molecular formula is C16H27ClF3N5O2. The second-order valence-electron chi connectivity index (χ2n) is 7.41. The number of rotatable bonds is 6. The van der Waals surface area contributed by atoms with E-state index in [1.807, 2.05) is 20.8 Å². The first-order valence-electron chi connectivity index (χ1n) is 8.68. The summed E-state index contributed by atoms with van der Waals surface area (Å²) in [5, 5.41) is 9.25. The molecule has 1 aromatic heterocycles. The van der Waals surface area contributed by atoms with E-state index in [4.69, 9.17) is 4.52 Å². The van der Waals surface area contributed by atoms with Gasteiger partial charge in [-0.05, 0) is 0 Å². The fraction of sp³-hybridized carbons (Fsp3) is 0.812. The zero-order valence-corrected chi connectivity index (χ0v) is 16.5. The molecule has 2 heterocycles. The maximum Gasteiger partial charge on any atom is 0.405 e. The highest BCUT2D eigenvalue weighted by Gasteiger charge is 2.43. The minimum atomic E-state index is -4.39. The van der Waals surface area contributed by atoms with Crippen LogP contribution in [-0.2, 0) is 16.6 Å². The number of halogens is 4. The van der Waals surface area contributed by atoms with Crippen molar-refractivity contribution in [3.8, 4) is 0 Å². The van der Waals surface area contributed by atoms with Gasteiger partial charge in [0.1, 0.15) is 6.04 Å². The fourth-order valence-corrected chi connectivity index (χ4v) is 2.63. The highest BCUT2D eigenvalue weighted by Crippen LogP contribution is 2.25. The zero-order valence-electron chi connectivity index (χ0n) is 15.7. The van der Waals surface area contributed by atoms with E-state index in [2.05, 4.69) is 20.8 Å². The summed E-state index contributed by atoms with van der Waals surface area (Å²) in [7, 11) is 0. The Morgan fingerprint density at radius 3 is 2.44 bits per heavy atom. The molecule has 1 amide bonds. The molecule has 0 aliphatic carbocycles. The van der Waals surface area contributed by atoms with Gasteiger partial charge in [0.2, 0.25) is 11.8 Å². The Labute approximate surface area is 162 Å². The van der Waals surface area contributed by atoms with Crippen LogP contribution in [0, 0.1) is 0 Å². The summed E-state index contributed by atoms with van der Waals surface area (Å²) in [6.07, 6.45) is -4.20. The van der Waals surface area contributed by atoms with Gasteiger partial charge < -0.3 is 15.2 Å². The lowest BCUT2D eigenvalue weighted by molar-refractivity contribution is -0.184. The quantitative estimate of drug-likeness (QED) is 0.738. The summed E-state index contributed by atoms with van der Waals surface area (Å²) in [6, 6.07) is -1.68. The smallest absolute Gasteiger partial charge is 0.354 e. The Hall–Kier alpha value is -1.39. The summed E-state index contributed by atoms with van der Waals surface area (Å²) < 4.78 is 44.9. The molecule has 1 atom stereocenters. The van der Waals surface area contributed by atoms with Crippen LogP contribution in [0.3, 0.4) is 0 Å². The number of carbonyl (C=O) groups is 1. The normalized spacial score (nSPS) is 17.3. The summed E-state index contributed by atoms with van der Waals surface area (Å²) >= 11 is 0. The topological polar surface area (TPSA) is 83.3 Å². The molecule has 156 valence electrons. The zero-order chi connectivity index (χ0) is 19.4. The highest BCUT2D eigenvalue weighted by molar-refractivity contribution is 5.85. The van der Waals surface area contributed by atoms with Gasteiger partial charge in [-0.3, -0.25) is 9.69 Å². The van der Waals surface area contributed by atoms with Crippen LogP contribution >= 0.6 is 12.4 Å². The molecule has 0 radical (unpaired) electrons. The summed E-state index contributed by atoms with van der Waals surface area (Å²) in [5.41, 5.74) is -0.271. The van der Waals surface area contributed by atoms with Crippen molar-refractivity contribution < 1.29 is 22.5 Å². The highest BCUT2D eigenvalue weighted by atomic mass is 35.5. The van der Waals surface area contributed by atoms with Gasteiger partial charge in [0.25, 0.3) is 0 Å². The van der Waals surface area contributed by atoms with E-state index in [-0.39, 0.29) is 30.7 Å². The number of hydrogen-bond donors (Lipinski definition) is 2. The van der Waals surface area contributed by atoms with Crippen LogP contribution in [0.4, 0.5) is 13.2 Å². The van der Waals surface area contributed by atoms with Crippen LogP contribution in [0.15, 0.2) is 4.52 Å². The average Bonchev–Trinajstić information content (AvgIpc) is 3.02. The molecule has 0 spiro atoms. The van der Waals surface area contributed by atoms with Crippen molar-refractivity contribution in [2.75, 3.05) is 32.7 Å². The number of piperazine rings is 1. The molecule has 2 N–H and O–H groups in total. The summed E-state index contributed by atoms with van der Waals surface area (Å²) in [4.78, 5) is 17.5. The minimum Gasteiger partial charge on any atom is -0.354 e. The van der Waals surface area contributed by atoms with Crippen LogP contribution in [0.2, 0.25) is 0 Å². The lowest BCUT2D eigenvalue weighted by Crippen LogP contribution is -2.57. The van der Waals surface area contributed by atoms with Gasteiger partial charge in [-0.1, -0.05) is 25.9 Å². The third-order valence-electron chi connectivity index (χ3n) is 4.17. The van der Waals surface area contributed by atoms with Crippen LogP contribution in [0.1, 0.15) is 38.9 Å². The number of amides is 1. The predicted octanol–water partition coefficient (Wildman–Crippen LogP) is 1.67. The van der Waals surface area contributed by atoms with E-state index in [1.54, 1.807) is 0 Å². The lowest BCUT2D eigenvalue weighted by atomic mass is 9.96. The molecule has 1 fully saturated rings. The Morgan fingerprint density at radius 2 is 1.93 bits per heavy atom. The molecule has 1 aromatic rings. The van der Waals surface area contributed by atoms with E-state index in [9.17, 15) is 18.0 Å². The van der Waals surface area contributed by atoms with Gasteiger partial charge in [-0.2, -0.15) is 18.2 Å². The maximum absolute atomic E-state index is 13.3. The lowest BCUT2D eigenvalue weighted by Gasteiger charge is -2.35. The first-order valence-corrected chi connectivity index (χ1v) is 8.68. The van der Waals surface area contributed by atoms with Crippen LogP contribution in [0.25, 0.3) is 0 Å². The van der Waals surface area contributed by atoms with Crippen LogP contribution in [0.5, 0.6) is 0 Å². The molecule has 1 saturated heterocycles. The molecule has 0 bridgehead atoms. The van der Waals surface area contributed by atoms with E-state index >= 15 is 0 Å². The van der Waals surface area contributed by atoms with Gasteiger partial charge >= 0.3 is 6.18 Å². The third kappa shape index (κ3) is 7.27. The van der Waals surface area contributed by atoms with Crippen molar-refractivity contribution in [2.45, 2.75) is 51.2 Å². The van der Waals surface area contributed by atoms with E-state index in [0.29, 0.717) is 37.9 Å². The Bertz CT molecular complexity index is 598. The van der Waals surface area contributed by atoms with Crippen molar-refractivity contribution in [2.24, 2.45) is 0 Å². The molecule has 1 unspecified atom stereocenters. The Morgan fingerprint density at radius 1 is 1.30 bits per heavy atom. The van der Waals surface area contributed by atoms with Gasteiger partial charge in [0.05, 0.1) is 0 Å². The maximum atomic E-state index is 13.3. The van der Waals surface area contributed by atoms with Gasteiger partial charge in [0, 0.05) is 51.0 Å². The first-order chi connectivity index (χ1) is 12.1. The second-order valence-corrected chi connectivity index (χ2v) is 7.41. The third-order valence-corrected chi connectivity index (χ3v) is 4.17. The van der Waals surface area contributed by atoms with E-state index in [0.717, 1.165) is 0 Å². The number of aromatic nitrogens is 2. The number of carbonyl (C=O) groups excluding carboxylic acids is 1. The van der Waals surface area contributed by atoms with Crippen LogP contribution < -0.4 is 10.6 Å². The first kappa shape index (κ1) is 23.6. The molecule has 27 heavy (non-hydrogen) atoms. The number of alkyl halides is 3. The standard InChI is InChI=1S/C16H26F3N5O2.ClH/c1-15(2,3)14-22-13(26-23-14)5-4-12(25)21-10-11(16(17,18)19)24-8-6-20-7-9-24;/h11,20H,4-10H2,1-3H3,(H,21,25);1H. The van der Waals surface area contributed by atoms with Crippen molar-refractivity contribution in [3.63, 3.8) is 0 Å². The molecular weight excluding hydrogens is 387 g/mol. The van der Waals surface area contributed by atoms with Crippen molar-refractivity contribution in [3.05, 3.63) is 11.7 Å². The Balaban J connectivity index is 0.00000364. The second kappa shape index (κ2) is 9.70. The summed E-state index contributed by atoms with van der Waals surface area (Å²) in [6.45, 7) is 6.96. The average molecular weight is 414 g/mol. The molecule has 11 heteroatoms. The SMILES string of the molecule is CC(C)(C)c1noc(CCC(=O)NCC(N2CCNCC2)C(F)(F)F)n1.Cl. The number of hydrogen-bond acceptors (Lipinski definition) is 6. The predicted molar refractivity (Wildman–Crippen MR) is 95.9 cm³/mol. The van der Waals surface area contributed by atoms with Crippen molar-refractivity contribution in [1.29, 1.82) is 0 Å². The van der Waals surface area contributed by atoms with Crippen LogP contribution in [-0.4, -0.2) is 65.9 Å². The number of aryl methyl sites for hydroxylation is 1. The number of nitrogens with zero attached hydrogens (tertiary/aromatic N) is 3. The number of nitrogens with one attached hydrogen (secondary N) is 2. The van der Waals surface area contributed by atoms with Crippen molar-refractivity contribution in [1.82, 2.24) is 25.7 Å². The van der Waals surface area contributed by atoms with Gasteiger partial charge in [0.15, 0.2) is 5.82 Å². The molecule has 1 aliphatic heterocycles. The Kier molecular flexibility index (Phi) is 8.49. The van der Waals surface area contributed by atoms with Gasteiger partial charge in [-0.15, -0.1) is 12.4 Å². The monoisotopic (exact) mass is 413 g/mol. The molecule has 7 nitrogen and oxygen atoms in total. The molecule has 1 aliphatic rings. The molecule has 2 rings (SSSR count). The minimum absolute atomic E-state index is 0.